The second-order valence-corrected chi connectivity index (χ2v) is 5.39. The van der Waals surface area contributed by atoms with Crippen molar-refractivity contribution in [2.24, 2.45) is 17.6 Å². The summed E-state index contributed by atoms with van der Waals surface area (Å²) in [4.78, 5) is 11.6. The zero-order valence-corrected chi connectivity index (χ0v) is 11.1. The molecule has 94 valence electrons. The summed E-state index contributed by atoms with van der Waals surface area (Å²) < 4.78 is 5.43. The summed E-state index contributed by atoms with van der Waals surface area (Å²) in [7, 11) is 0. The van der Waals surface area contributed by atoms with Gasteiger partial charge in [0.05, 0.1) is 0 Å². The van der Waals surface area contributed by atoms with Crippen LogP contribution in [0.1, 0.15) is 39.5 Å². The standard InChI is InChI=1S/C12H23NO2S/c1-8-3-4-10(7-9(8)2)15-12(14)11(13)5-6-16/h8-11,16H,3-7,13H2,1-2H3. The maximum atomic E-state index is 11.6. The third-order valence-electron chi connectivity index (χ3n) is 3.58. The Morgan fingerprint density at radius 2 is 2.12 bits per heavy atom. The van der Waals surface area contributed by atoms with Crippen LogP contribution in [0.25, 0.3) is 0 Å². The highest BCUT2D eigenvalue weighted by molar-refractivity contribution is 7.80. The molecule has 0 aromatic heterocycles. The van der Waals surface area contributed by atoms with E-state index >= 15 is 0 Å². The fraction of sp³-hybridized carbons (Fsp3) is 0.917. The lowest BCUT2D eigenvalue weighted by molar-refractivity contribution is -0.153. The van der Waals surface area contributed by atoms with Gasteiger partial charge in [0.25, 0.3) is 0 Å². The summed E-state index contributed by atoms with van der Waals surface area (Å²) in [6, 6.07) is -0.507. The Hall–Kier alpha value is -0.220. The molecule has 0 spiro atoms. The van der Waals surface area contributed by atoms with Crippen LogP contribution in [0, 0.1) is 11.8 Å². The van der Waals surface area contributed by atoms with E-state index in [4.69, 9.17) is 10.5 Å². The number of nitrogens with two attached hydrogens (primary N) is 1. The van der Waals surface area contributed by atoms with Crippen molar-refractivity contribution in [3.8, 4) is 0 Å². The highest BCUT2D eigenvalue weighted by Gasteiger charge is 2.28. The van der Waals surface area contributed by atoms with Crippen LogP contribution in [0.3, 0.4) is 0 Å². The number of carbonyl (C=O) groups is 1. The van der Waals surface area contributed by atoms with Gasteiger partial charge in [0, 0.05) is 0 Å². The van der Waals surface area contributed by atoms with E-state index in [0.717, 1.165) is 25.2 Å². The van der Waals surface area contributed by atoms with Crippen molar-refractivity contribution >= 4 is 18.6 Å². The molecule has 4 heteroatoms. The van der Waals surface area contributed by atoms with Gasteiger partial charge in [-0.3, -0.25) is 4.79 Å². The minimum absolute atomic E-state index is 0.0738. The largest absolute Gasteiger partial charge is 0.461 e. The number of carbonyl (C=O) groups excluding carboxylic acids is 1. The number of esters is 1. The van der Waals surface area contributed by atoms with Gasteiger partial charge in [-0.25, -0.2) is 0 Å². The summed E-state index contributed by atoms with van der Waals surface area (Å²) in [6.07, 6.45) is 3.75. The molecule has 0 saturated heterocycles. The highest BCUT2D eigenvalue weighted by atomic mass is 32.1. The maximum Gasteiger partial charge on any atom is 0.323 e. The Labute approximate surface area is 104 Å². The second kappa shape index (κ2) is 6.50. The molecule has 0 aliphatic heterocycles. The van der Waals surface area contributed by atoms with E-state index < -0.39 is 6.04 Å². The van der Waals surface area contributed by atoms with Gasteiger partial charge >= 0.3 is 5.97 Å². The summed E-state index contributed by atoms with van der Waals surface area (Å²) in [6.45, 7) is 4.48. The van der Waals surface area contributed by atoms with E-state index in [9.17, 15) is 4.79 Å². The highest BCUT2D eigenvalue weighted by Crippen LogP contribution is 2.31. The number of thiol groups is 1. The van der Waals surface area contributed by atoms with Gasteiger partial charge < -0.3 is 10.5 Å². The van der Waals surface area contributed by atoms with Crippen molar-refractivity contribution in [1.29, 1.82) is 0 Å². The molecular weight excluding hydrogens is 222 g/mol. The van der Waals surface area contributed by atoms with E-state index in [0.29, 0.717) is 18.1 Å². The monoisotopic (exact) mass is 245 g/mol. The maximum absolute atomic E-state index is 11.6. The average Bonchev–Trinajstić information content (AvgIpc) is 2.24. The van der Waals surface area contributed by atoms with Gasteiger partial charge in [-0.05, 0) is 43.3 Å². The molecule has 0 aromatic carbocycles. The lowest BCUT2D eigenvalue weighted by Gasteiger charge is -2.32. The Balaban J connectivity index is 2.34. The van der Waals surface area contributed by atoms with E-state index in [1.165, 1.54) is 0 Å². The van der Waals surface area contributed by atoms with Gasteiger partial charge in [0.1, 0.15) is 12.1 Å². The summed E-state index contributed by atoms with van der Waals surface area (Å²) >= 11 is 4.06. The first-order valence-corrected chi connectivity index (χ1v) is 6.74. The van der Waals surface area contributed by atoms with Crippen LogP contribution >= 0.6 is 12.6 Å². The molecule has 2 N–H and O–H groups in total. The molecule has 4 atom stereocenters. The average molecular weight is 245 g/mol. The fourth-order valence-electron chi connectivity index (χ4n) is 2.11. The first-order valence-electron chi connectivity index (χ1n) is 6.11. The van der Waals surface area contributed by atoms with E-state index in [1.807, 2.05) is 0 Å². The molecule has 1 fully saturated rings. The molecular formula is C12H23NO2S. The molecule has 0 amide bonds. The van der Waals surface area contributed by atoms with Crippen molar-refractivity contribution in [2.45, 2.75) is 51.7 Å². The lowest BCUT2D eigenvalue weighted by Crippen LogP contribution is -2.37. The van der Waals surface area contributed by atoms with Crippen LogP contribution < -0.4 is 5.73 Å². The third-order valence-corrected chi connectivity index (χ3v) is 3.83. The van der Waals surface area contributed by atoms with Crippen molar-refractivity contribution in [2.75, 3.05) is 5.75 Å². The molecule has 0 bridgehead atoms. The van der Waals surface area contributed by atoms with Gasteiger partial charge in [0.2, 0.25) is 0 Å². The summed E-state index contributed by atoms with van der Waals surface area (Å²) in [5.74, 6) is 1.73. The van der Waals surface area contributed by atoms with E-state index in [2.05, 4.69) is 26.5 Å². The molecule has 1 aliphatic rings. The minimum Gasteiger partial charge on any atom is -0.461 e. The summed E-state index contributed by atoms with van der Waals surface area (Å²) in [5.41, 5.74) is 5.68. The van der Waals surface area contributed by atoms with Crippen molar-refractivity contribution < 1.29 is 9.53 Å². The molecule has 1 rings (SSSR count). The normalized spacial score (nSPS) is 32.1. The van der Waals surface area contributed by atoms with Crippen LogP contribution in [0.2, 0.25) is 0 Å². The van der Waals surface area contributed by atoms with Crippen molar-refractivity contribution in [3.63, 3.8) is 0 Å². The Morgan fingerprint density at radius 1 is 1.44 bits per heavy atom. The van der Waals surface area contributed by atoms with Crippen molar-refractivity contribution in [3.05, 3.63) is 0 Å². The Bertz CT molecular complexity index is 235. The van der Waals surface area contributed by atoms with Crippen LogP contribution in [0.15, 0.2) is 0 Å². The van der Waals surface area contributed by atoms with Gasteiger partial charge in [-0.2, -0.15) is 12.6 Å². The molecule has 1 aliphatic carbocycles. The van der Waals surface area contributed by atoms with E-state index in [1.54, 1.807) is 0 Å². The predicted molar refractivity (Wildman–Crippen MR) is 68.5 cm³/mol. The number of hydrogen-bond acceptors (Lipinski definition) is 4. The predicted octanol–water partition coefficient (Wildman–Crippen LogP) is 2.00. The Kier molecular flexibility index (Phi) is 5.62. The topological polar surface area (TPSA) is 52.3 Å². The second-order valence-electron chi connectivity index (χ2n) is 4.95. The van der Waals surface area contributed by atoms with Crippen molar-refractivity contribution in [1.82, 2.24) is 0 Å². The number of ether oxygens (including phenoxy) is 1. The minimum atomic E-state index is -0.507. The molecule has 16 heavy (non-hydrogen) atoms. The lowest BCUT2D eigenvalue weighted by atomic mass is 9.80. The summed E-state index contributed by atoms with van der Waals surface area (Å²) in [5, 5.41) is 0. The smallest absolute Gasteiger partial charge is 0.323 e. The van der Waals surface area contributed by atoms with Gasteiger partial charge in [-0.15, -0.1) is 0 Å². The first-order chi connectivity index (χ1) is 7.54. The van der Waals surface area contributed by atoms with Crippen LogP contribution in [-0.2, 0) is 9.53 Å². The van der Waals surface area contributed by atoms with Gasteiger partial charge in [0.15, 0.2) is 0 Å². The first kappa shape index (κ1) is 13.8. The zero-order chi connectivity index (χ0) is 12.1. The van der Waals surface area contributed by atoms with Crippen LogP contribution in [-0.4, -0.2) is 23.9 Å². The SMILES string of the molecule is CC1CCC(OC(=O)C(N)CCS)CC1C. The zero-order valence-electron chi connectivity index (χ0n) is 10.2. The van der Waals surface area contributed by atoms with E-state index in [-0.39, 0.29) is 12.1 Å². The van der Waals surface area contributed by atoms with Crippen LogP contribution in [0.4, 0.5) is 0 Å². The third kappa shape index (κ3) is 3.98. The van der Waals surface area contributed by atoms with Crippen LogP contribution in [0.5, 0.6) is 0 Å². The Morgan fingerprint density at radius 3 is 2.69 bits per heavy atom. The molecule has 4 unspecified atom stereocenters. The molecule has 1 saturated carbocycles. The van der Waals surface area contributed by atoms with Gasteiger partial charge in [-0.1, -0.05) is 13.8 Å². The molecule has 0 aromatic rings. The number of rotatable bonds is 4. The molecule has 3 nitrogen and oxygen atoms in total. The quantitative estimate of drug-likeness (QED) is 0.588. The fourth-order valence-corrected chi connectivity index (χ4v) is 2.39. The molecule has 0 radical (unpaired) electrons. The molecule has 0 heterocycles. The number of hydrogen-bond donors (Lipinski definition) is 2.